The first kappa shape index (κ1) is 11.5. The molecule has 18 heavy (non-hydrogen) atoms. The Labute approximate surface area is 107 Å². The van der Waals surface area contributed by atoms with Crippen molar-refractivity contribution >= 4 is 23.2 Å². The summed E-state index contributed by atoms with van der Waals surface area (Å²) < 4.78 is 0. The highest BCUT2D eigenvalue weighted by Crippen LogP contribution is 2.34. The first-order valence-corrected chi connectivity index (χ1v) is 6.76. The second-order valence-corrected chi connectivity index (χ2v) is 5.59. The quantitative estimate of drug-likeness (QED) is 0.787. The summed E-state index contributed by atoms with van der Waals surface area (Å²) in [5, 5.41) is 4.44. The number of nitrogens with zero attached hydrogens (tertiary/aromatic N) is 1. The molecule has 6 nitrogen and oxygen atoms in total. The zero-order valence-electron chi connectivity index (χ0n) is 9.64. The molecule has 1 unspecified atom stereocenters. The van der Waals surface area contributed by atoms with Crippen LogP contribution >= 0.6 is 11.3 Å². The minimum Gasteiger partial charge on any atom is -0.342 e. The molecule has 1 atom stereocenters. The maximum absolute atomic E-state index is 12.2. The fraction of sp³-hybridized carbons (Fsp3) is 0.545. The smallest absolute Gasteiger partial charge is 0.304 e. The predicted octanol–water partition coefficient (Wildman–Crippen LogP) is -0.327. The molecular weight excluding hydrogens is 254 g/mol. The van der Waals surface area contributed by atoms with Crippen molar-refractivity contribution in [2.24, 2.45) is 5.92 Å². The minimum absolute atomic E-state index is 0.0378. The van der Waals surface area contributed by atoms with E-state index in [0.29, 0.717) is 18.2 Å². The summed E-state index contributed by atoms with van der Waals surface area (Å²) in [5.41, 5.74) is 0.683. The normalized spacial score (nSPS) is 24.2. The SMILES string of the molecule is O=C1CN(Cc2csc(=O)[nH]2)C(=O)C(C2CC2)N1. The van der Waals surface area contributed by atoms with E-state index < -0.39 is 0 Å². The lowest BCUT2D eigenvalue weighted by atomic mass is 10.1. The molecule has 0 aromatic carbocycles. The van der Waals surface area contributed by atoms with Gasteiger partial charge >= 0.3 is 4.87 Å². The molecule has 2 heterocycles. The van der Waals surface area contributed by atoms with Crippen LogP contribution < -0.4 is 10.2 Å². The maximum Gasteiger partial charge on any atom is 0.304 e. The molecule has 0 radical (unpaired) electrons. The Morgan fingerprint density at radius 2 is 2.11 bits per heavy atom. The Kier molecular flexibility index (Phi) is 2.70. The summed E-state index contributed by atoms with van der Waals surface area (Å²) >= 11 is 1.06. The highest BCUT2D eigenvalue weighted by Gasteiger charge is 2.42. The van der Waals surface area contributed by atoms with Gasteiger partial charge in [0.25, 0.3) is 0 Å². The number of hydrogen-bond acceptors (Lipinski definition) is 4. The first-order chi connectivity index (χ1) is 8.63. The molecule has 1 aromatic rings. The number of rotatable bonds is 3. The Balaban J connectivity index is 1.75. The first-order valence-electron chi connectivity index (χ1n) is 5.88. The van der Waals surface area contributed by atoms with E-state index in [4.69, 9.17) is 0 Å². The molecule has 1 aromatic heterocycles. The molecule has 1 saturated heterocycles. The van der Waals surface area contributed by atoms with E-state index >= 15 is 0 Å². The average Bonchev–Trinajstić information content (AvgIpc) is 3.08. The lowest BCUT2D eigenvalue weighted by molar-refractivity contribution is -0.145. The topological polar surface area (TPSA) is 82.3 Å². The van der Waals surface area contributed by atoms with Crippen molar-refractivity contribution in [3.05, 3.63) is 20.7 Å². The molecule has 2 aliphatic rings. The van der Waals surface area contributed by atoms with Gasteiger partial charge in [-0.2, -0.15) is 0 Å². The number of aromatic nitrogens is 1. The lowest BCUT2D eigenvalue weighted by Gasteiger charge is -2.32. The third-order valence-electron chi connectivity index (χ3n) is 3.25. The second kappa shape index (κ2) is 4.24. The molecule has 2 amide bonds. The summed E-state index contributed by atoms with van der Waals surface area (Å²) in [5.74, 6) is 0.138. The van der Waals surface area contributed by atoms with Crippen molar-refractivity contribution in [3.8, 4) is 0 Å². The molecule has 1 saturated carbocycles. The summed E-state index contributed by atoms with van der Waals surface area (Å²) in [7, 11) is 0. The molecule has 1 aliphatic heterocycles. The number of piperazine rings is 1. The number of nitrogens with one attached hydrogen (secondary N) is 2. The van der Waals surface area contributed by atoms with Crippen molar-refractivity contribution in [2.45, 2.75) is 25.4 Å². The predicted molar refractivity (Wildman–Crippen MR) is 65.0 cm³/mol. The van der Waals surface area contributed by atoms with E-state index in [0.717, 1.165) is 24.2 Å². The van der Waals surface area contributed by atoms with Crippen LogP contribution in [0, 0.1) is 5.92 Å². The number of carbonyl (C=O) groups is 2. The third kappa shape index (κ3) is 2.17. The number of thiazole rings is 1. The molecule has 0 bridgehead atoms. The van der Waals surface area contributed by atoms with E-state index in [1.807, 2.05) is 0 Å². The van der Waals surface area contributed by atoms with Gasteiger partial charge in [0.1, 0.15) is 12.6 Å². The number of amides is 2. The fourth-order valence-electron chi connectivity index (χ4n) is 2.21. The van der Waals surface area contributed by atoms with Crippen LogP contribution in [0.15, 0.2) is 10.2 Å². The molecule has 0 spiro atoms. The van der Waals surface area contributed by atoms with Gasteiger partial charge in [-0.25, -0.2) is 0 Å². The molecule has 3 rings (SSSR count). The van der Waals surface area contributed by atoms with Crippen molar-refractivity contribution in [3.63, 3.8) is 0 Å². The monoisotopic (exact) mass is 267 g/mol. The summed E-state index contributed by atoms with van der Waals surface area (Å²) in [6, 6.07) is -0.364. The minimum atomic E-state index is -0.364. The van der Waals surface area contributed by atoms with Crippen LogP contribution in [0.3, 0.4) is 0 Å². The zero-order chi connectivity index (χ0) is 12.7. The largest absolute Gasteiger partial charge is 0.342 e. The number of aromatic amines is 1. The average molecular weight is 267 g/mol. The Morgan fingerprint density at radius 3 is 2.72 bits per heavy atom. The zero-order valence-corrected chi connectivity index (χ0v) is 10.5. The van der Waals surface area contributed by atoms with Gasteiger partial charge in [-0.05, 0) is 18.8 Å². The van der Waals surface area contributed by atoms with Crippen molar-refractivity contribution in [1.29, 1.82) is 0 Å². The van der Waals surface area contributed by atoms with E-state index in [1.165, 1.54) is 4.90 Å². The van der Waals surface area contributed by atoms with Crippen LogP contribution in [0.4, 0.5) is 0 Å². The van der Waals surface area contributed by atoms with Gasteiger partial charge in [0.2, 0.25) is 11.8 Å². The van der Waals surface area contributed by atoms with Crippen molar-refractivity contribution in [2.75, 3.05) is 6.54 Å². The highest BCUT2D eigenvalue weighted by molar-refractivity contribution is 7.07. The Bertz CT molecular complexity index is 546. The van der Waals surface area contributed by atoms with Crippen molar-refractivity contribution < 1.29 is 9.59 Å². The molecular formula is C11H13N3O3S. The van der Waals surface area contributed by atoms with E-state index in [9.17, 15) is 14.4 Å². The fourth-order valence-corrected chi connectivity index (χ4v) is 2.78. The summed E-state index contributed by atoms with van der Waals surface area (Å²) in [4.78, 5) is 38.8. The van der Waals surface area contributed by atoms with Gasteiger partial charge in [-0.15, -0.1) is 0 Å². The molecule has 96 valence electrons. The number of hydrogen-bond donors (Lipinski definition) is 2. The lowest BCUT2D eigenvalue weighted by Crippen LogP contribution is -2.58. The molecule has 7 heteroatoms. The Hall–Kier alpha value is -1.63. The van der Waals surface area contributed by atoms with Crippen LogP contribution in [-0.2, 0) is 16.1 Å². The number of H-pyrrole nitrogens is 1. The highest BCUT2D eigenvalue weighted by atomic mass is 32.1. The van der Waals surface area contributed by atoms with Crippen LogP contribution in [0.5, 0.6) is 0 Å². The second-order valence-electron chi connectivity index (χ2n) is 4.75. The molecule has 2 N–H and O–H groups in total. The maximum atomic E-state index is 12.2. The van der Waals surface area contributed by atoms with Gasteiger partial charge in [0.05, 0.1) is 6.54 Å². The van der Waals surface area contributed by atoms with Crippen LogP contribution in [0.2, 0.25) is 0 Å². The van der Waals surface area contributed by atoms with Crippen molar-refractivity contribution in [1.82, 2.24) is 15.2 Å². The van der Waals surface area contributed by atoms with E-state index in [-0.39, 0.29) is 29.3 Å². The van der Waals surface area contributed by atoms with Crippen LogP contribution in [0.25, 0.3) is 0 Å². The standard InChI is InChI=1S/C11H13N3O3S/c15-8-4-14(3-7-5-18-11(17)12-7)10(16)9(13-8)6-1-2-6/h5-6,9H,1-4H2,(H,12,17)(H,13,15). The Morgan fingerprint density at radius 1 is 1.33 bits per heavy atom. The van der Waals surface area contributed by atoms with Gasteiger partial charge in [0.15, 0.2) is 0 Å². The van der Waals surface area contributed by atoms with E-state index in [2.05, 4.69) is 10.3 Å². The molecule has 1 aliphatic carbocycles. The van der Waals surface area contributed by atoms with Gasteiger partial charge in [-0.1, -0.05) is 11.3 Å². The van der Waals surface area contributed by atoms with Crippen LogP contribution in [-0.4, -0.2) is 34.3 Å². The summed E-state index contributed by atoms with van der Waals surface area (Å²) in [6.07, 6.45) is 2.00. The number of carbonyl (C=O) groups excluding carboxylic acids is 2. The van der Waals surface area contributed by atoms with E-state index in [1.54, 1.807) is 5.38 Å². The summed E-state index contributed by atoms with van der Waals surface area (Å²) in [6.45, 7) is 0.369. The van der Waals surface area contributed by atoms with Gasteiger partial charge in [-0.3, -0.25) is 14.4 Å². The van der Waals surface area contributed by atoms with Gasteiger partial charge < -0.3 is 15.2 Å². The third-order valence-corrected chi connectivity index (χ3v) is 3.97. The molecule has 2 fully saturated rings. The van der Waals surface area contributed by atoms with Gasteiger partial charge in [0, 0.05) is 11.1 Å². The van der Waals surface area contributed by atoms with Crippen LogP contribution in [0.1, 0.15) is 18.5 Å².